The lowest BCUT2D eigenvalue weighted by Crippen LogP contribution is -1.94. The Kier molecular flexibility index (Phi) is 4.71. The average Bonchev–Trinajstić information content (AvgIpc) is 2.62. The fourth-order valence-corrected chi connectivity index (χ4v) is 2.73. The minimum atomic E-state index is 0.223. The van der Waals surface area contributed by atoms with Crippen LogP contribution >= 0.6 is 0 Å². The molecule has 0 unspecified atom stereocenters. The molecule has 0 radical (unpaired) electrons. The molecule has 3 nitrogen and oxygen atoms in total. The van der Waals surface area contributed by atoms with Crippen molar-refractivity contribution in [1.29, 1.82) is 0 Å². The highest BCUT2D eigenvalue weighted by atomic mass is 16.5. The predicted molar refractivity (Wildman–Crippen MR) is 95.6 cm³/mol. The van der Waals surface area contributed by atoms with Crippen molar-refractivity contribution < 1.29 is 14.9 Å². The molecule has 0 heterocycles. The van der Waals surface area contributed by atoms with Crippen molar-refractivity contribution in [2.24, 2.45) is 0 Å². The summed E-state index contributed by atoms with van der Waals surface area (Å²) >= 11 is 0. The van der Waals surface area contributed by atoms with Gasteiger partial charge in [-0.25, -0.2) is 0 Å². The Morgan fingerprint density at radius 2 is 1.38 bits per heavy atom. The van der Waals surface area contributed by atoms with Crippen LogP contribution in [0.5, 0.6) is 17.2 Å². The summed E-state index contributed by atoms with van der Waals surface area (Å²) in [5, 5.41) is 19.5. The maximum Gasteiger partial charge on any atom is 0.160 e. The lowest BCUT2D eigenvalue weighted by atomic mass is 10.00. The van der Waals surface area contributed by atoms with Crippen LogP contribution in [-0.2, 0) is 12.8 Å². The number of phenolic OH excluding ortho intramolecular Hbond substituents is 2. The molecular formula is C21H20O3. The third-order valence-corrected chi connectivity index (χ3v) is 4.14. The number of aromatic hydroxyl groups is 2. The van der Waals surface area contributed by atoms with Crippen molar-refractivity contribution in [2.75, 3.05) is 7.11 Å². The van der Waals surface area contributed by atoms with Crippen LogP contribution in [0.15, 0.2) is 66.7 Å². The minimum Gasteiger partial charge on any atom is -0.508 e. The maximum absolute atomic E-state index is 10.1. The highest BCUT2D eigenvalue weighted by Crippen LogP contribution is 2.30. The molecule has 0 spiro atoms. The van der Waals surface area contributed by atoms with E-state index in [1.165, 1.54) is 5.56 Å². The summed E-state index contributed by atoms with van der Waals surface area (Å²) in [6, 6.07) is 21.1. The van der Waals surface area contributed by atoms with Crippen LogP contribution in [0.1, 0.15) is 11.1 Å². The van der Waals surface area contributed by atoms with E-state index in [9.17, 15) is 10.2 Å². The molecule has 3 aromatic carbocycles. The molecule has 122 valence electrons. The van der Waals surface area contributed by atoms with Gasteiger partial charge >= 0.3 is 0 Å². The molecule has 0 saturated heterocycles. The molecule has 0 aliphatic heterocycles. The van der Waals surface area contributed by atoms with E-state index in [2.05, 4.69) is 24.3 Å². The van der Waals surface area contributed by atoms with Gasteiger partial charge in [0.1, 0.15) is 5.75 Å². The molecule has 0 saturated carbocycles. The fraction of sp³-hybridized carbons (Fsp3) is 0.143. The summed E-state index contributed by atoms with van der Waals surface area (Å²) in [6.45, 7) is 0. The van der Waals surface area contributed by atoms with Crippen molar-refractivity contribution in [3.05, 3.63) is 77.9 Å². The van der Waals surface area contributed by atoms with Gasteiger partial charge in [0.25, 0.3) is 0 Å². The average molecular weight is 320 g/mol. The fourth-order valence-electron chi connectivity index (χ4n) is 2.73. The Labute approximate surface area is 141 Å². The summed E-state index contributed by atoms with van der Waals surface area (Å²) < 4.78 is 5.14. The van der Waals surface area contributed by atoms with Crippen LogP contribution < -0.4 is 4.74 Å². The number of hydrogen-bond donors (Lipinski definition) is 2. The number of ether oxygens (including phenoxy) is 1. The molecule has 3 rings (SSSR count). The van der Waals surface area contributed by atoms with E-state index in [1.807, 2.05) is 24.3 Å². The molecule has 0 aromatic heterocycles. The van der Waals surface area contributed by atoms with Gasteiger partial charge < -0.3 is 14.9 Å². The minimum absolute atomic E-state index is 0.223. The van der Waals surface area contributed by atoms with Crippen molar-refractivity contribution in [2.45, 2.75) is 12.8 Å². The van der Waals surface area contributed by atoms with Crippen molar-refractivity contribution in [3.63, 3.8) is 0 Å². The standard InChI is InChI=1S/C21H20O3/c1-24-20-4-2-3-18(21(20)23)10-7-15-5-8-16(9-6-15)17-11-13-19(22)14-12-17/h2-6,8-9,11-14,22-23H,7,10H2,1H3. The number of rotatable bonds is 5. The van der Waals surface area contributed by atoms with E-state index in [0.717, 1.165) is 29.5 Å². The highest BCUT2D eigenvalue weighted by molar-refractivity contribution is 5.64. The third-order valence-electron chi connectivity index (χ3n) is 4.14. The Hall–Kier alpha value is -2.94. The van der Waals surface area contributed by atoms with Gasteiger partial charge in [-0.2, -0.15) is 0 Å². The first kappa shape index (κ1) is 15.9. The van der Waals surface area contributed by atoms with Crippen LogP contribution in [0, 0.1) is 0 Å². The first-order valence-electron chi connectivity index (χ1n) is 7.90. The SMILES string of the molecule is COc1cccc(CCc2ccc(-c3ccc(O)cc3)cc2)c1O. The summed E-state index contributed by atoms with van der Waals surface area (Å²) in [5.74, 6) is 1.00. The number of hydrogen-bond acceptors (Lipinski definition) is 3. The molecule has 24 heavy (non-hydrogen) atoms. The van der Waals surface area contributed by atoms with Gasteiger partial charge in [-0.05, 0) is 53.3 Å². The van der Waals surface area contributed by atoms with Crippen LogP contribution in [-0.4, -0.2) is 17.3 Å². The molecule has 3 aromatic rings. The summed E-state index contributed by atoms with van der Waals surface area (Å²) in [5.41, 5.74) is 4.28. The third kappa shape index (κ3) is 3.51. The van der Waals surface area contributed by atoms with Crippen molar-refractivity contribution in [1.82, 2.24) is 0 Å². The summed E-state index contributed by atoms with van der Waals surface area (Å²) in [7, 11) is 1.56. The van der Waals surface area contributed by atoms with Gasteiger partial charge in [0.2, 0.25) is 0 Å². The molecular weight excluding hydrogens is 300 g/mol. The molecule has 0 amide bonds. The lowest BCUT2D eigenvalue weighted by molar-refractivity contribution is 0.370. The second-order valence-corrected chi connectivity index (χ2v) is 5.71. The van der Waals surface area contributed by atoms with Crippen LogP contribution in [0.25, 0.3) is 11.1 Å². The van der Waals surface area contributed by atoms with Gasteiger partial charge in [-0.1, -0.05) is 48.5 Å². The molecule has 0 atom stereocenters. The van der Waals surface area contributed by atoms with Crippen molar-refractivity contribution in [3.8, 4) is 28.4 Å². The number of para-hydroxylation sites is 1. The molecule has 0 bridgehead atoms. The number of methoxy groups -OCH3 is 1. The second kappa shape index (κ2) is 7.09. The highest BCUT2D eigenvalue weighted by Gasteiger charge is 2.07. The lowest BCUT2D eigenvalue weighted by Gasteiger charge is -2.09. The monoisotopic (exact) mass is 320 g/mol. The molecule has 0 aliphatic carbocycles. The van der Waals surface area contributed by atoms with Crippen molar-refractivity contribution >= 4 is 0 Å². The van der Waals surface area contributed by atoms with E-state index < -0.39 is 0 Å². The topological polar surface area (TPSA) is 49.7 Å². The zero-order chi connectivity index (χ0) is 16.9. The van der Waals surface area contributed by atoms with E-state index in [0.29, 0.717) is 5.75 Å². The van der Waals surface area contributed by atoms with Gasteiger partial charge in [0.15, 0.2) is 11.5 Å². The molecule has 3 heteroatoms. The molecule has 0 fully saturated rings. The van der Waals surface area contributed by atoms with E-state index >= 15 is 0 Å². The Morgan fingerprint density at radius 3 is 2.00 bits per heavy atom. The van der Waals surface area contributed by atoms with Gasteiger partial charge in [-0.15, -0.1) is 0 Å². The van der Waals surface area contributed by atoms with E-state index in [-0.39, 0.29) is 11.5 Å². The maximum atomic E-state index is 10.1. The zero-order valence-electron chi connectivity index (χ0n) is 13.6. The summed E-state index contributed by atoms with van der Waals surface area (Å²) in [4.78, 5) is 0. The predicted octanol–water partition coefficient (Wildman–Crippen LogP) is 4.56. The Morgan fingerprint density at radius 1 is 0.750 bits per heavy atom. The number of aryl methyl sites for hydroxylation is 2. The smallest absolute Gasteiger partial charge is 0.160 e. The molecule has 2 N–H and O–H groups in total. The van der Waals surface area contributed by atoms with Gasteiger partial charge in [-0.3, -0.25) is 0 Å². The first-order valence-corrected chi connectivity index (χ1v) is 7.90. The van der Waals surface area contributed by atoms with E-state index in [4.69, 9.17) is 4.74 Å². The zero-order valence-corrected chi connectivity index (χ0v) is 13.6. The summed E-state index contributed by atoms with van der Waals surface area (Å²) in [6.07, 6.45) is 1.60. The van der Waals surface area contributed by atoms with Crippen LogP contribution in [0.2, 0.25) is 0 Å². The van der Waals surface area contributed by atoms with Crippen LogP contribution in [0.3, 0.4) is 0 Å². The van der Waals surface area contributed by atoms with Gasteiger partial charge in [0, 0.05) is 0 Å². The first-order chi connectivity index (χ1) is 11.7. The number of benzene rings is 3. The molecule has 0 aliphatic rings. The normalized spacial score (nSPS) is 10.5. The quantitative estimate of drug-likeness (QED) is 0.724. The largest absolute Gasteiger partial charge is 0.508 e. The second-order valence-electron chi connectivity index (χ2n) is 5.71. The van der Waals surface area contributed by atoms with Gasteiger partial charge in [0.05, 0.1) is 7.11 Å². The van der Waals surface area contributed by atoms with E-state index in [1.54, 1.807) is 25.3 Å². The number of phenols is 2. The Balaban J connectivity index is 1.70. The van der Waals surface area contributed by atoms with Crippen LogP contribution in [0.4, 0.5) is 0 Å². The Bertz CT molecular complexity index is 805.